The molecule has 212 valence electrons. The van der Waals surface area contributed by atoms with E-state index in [2.05, 4.69) is 16.0 Å². The molecule has 42 heavy (non-hydrogen) atoms. The lowest BCUT2D eigenvalue weighted by molar-refractivity contribution is -0.114. The van der Waals surface area contributed by atoms with Crippen molar-refractivity contribution in [3.8, 4) is 0 Å². The number of hydrogen-bond donors (Lipinski definition) is 4. The molecule has 0 radical (unpaired) electrons. The molecule has 8 nitrogen and oxygen atoms in total. The minimum Gasteiger partial charge on any atom is -0.366 e. The highest BCUT2D eigenvalue weighted by Crippen LogP contribution is 2.27. The molecular weight excluding hydrogens is 595 g/mol. The van der Waals surface area contributed by atoms with Crippen molar-refractivity contribution in [2.24, 2.45) is 5.73 Å². The molecule has 0 saturated heterocycles. The Kier molecular flexibility index (Phi) is 10.4. The summed E-state index contributed by atoms with van der Waals surface area (Å²) in [6.07, 6.45) is 1.45. The van der Waals surface area contributed by atoms with E-state index in [1.165, 1.54) is 23.9 Å². The summed E-state index contributed by atoms with van der Waals surface area (Å²) in [5, 5.41) is 8.65. The van der Waals surface area contributed by atoms with Crippen LogP contribution < -0.4 is 21.7 Å². The topological polar surface area (TPSA) is 130 Å². The lowest BCUT2D eigenvalue weighted by Gasteiger charge is -2.12. The van der Waals surface area contributed by atoms with Crippen molar-refractivity contribution in [1.82, 2.24) is 5.32 Å². The van der Waals surface area contributed by atoms with Crippen LogP contribution >= 0.6 is 35.0 Å². The molecule has 0 fully saturated rings. The van der Waals surface area contributed by atoms with Gasteiger partial charge in [-0.1, -0.05) is 65.7 Å². The van der Waals surface area contributed by atoms with Crippen LogP contribution in [0.5, 0.6) is 0 Å². The fourth-order valence-electron chi connectivity index (χ4n) is 3.70. The summed E-state index contributed by atoms with van der Waals surface area (Å²) in [5.41, 5.74) is 7.17. The molecule has 4 aromatic carbocycles. The number of carbonyl (C=O) groups excluding carboxylic acids is 4. The quantitative estimate of drug-likeness (QED) is 0.124. The standard InChI is InChI=1S/C31H24Cl2N4O4S/c32-24-11-6-9-20(28(24)33)17-26(37-30(40)19-7-2-1-3-8-19)31(41)35-21-13-15-22(16-14-21)42-18-27(38)36-25-12-5-4-10-23(25)29(34)39/h1-17H,18H2,(H2,34,39)(H,35,41)(H,36,38)(H,37,40)/b26-17-. The summed E-state index contributed by atoms with van der Waals surface area (Å²) >= 11 is 13.7. The predicted octanol–water partition coefficient (Wildman–Crippen LogP) is 6.23. The van der Waals surface area contributed by atoms with E-state index >= 15 is 0 Å². The van der Waals surface area contributed by atoms with Gasteiger partial charge in [0.05, 0.1) is 27.0 Å². The van der Waals surface area contributed by atoms with Crippen LogP contribution in [-0.4, -0.2) is 29.4 Å². The average Bonchev–Trinajstić information content (AvgIpc) is 2.99. The molecule has 0 aromatic heterocycles. The number of carbonyl (C=O) groups is 4. The number of para-hydroxylation sites is 1. The van der Waals surface area contributed by atoms with Crippen molar-refractivity contribution in [2.75, 3.05) is 16.4 Å². The maximum atomic E-state index is 13.3. The Balaban J connectivity index is 1.43. The fraction of sp³-hybridized carbons (Fsp3) is 0.0323. The number of primary amides is 1. The molecule has 11 heteroatoms. The van der Waals surface area contributed by atoms with Crippen molar-refractivity contribution in [3.63, 3.8) is 0 Å². The highest BCUT2D eigenvalue weighted by atomic mass is 35.5. The van der Waals surface area contributed by atoms with Gasteiger partial charge in [0.25, 0.3) is 17.7 Å². The van der Waals surface area contributed by atoms with Gasteiger partial charge in [-0.15, -0.1) is 11.8 Å². The minimum atomic E-state index is -0.635. The zero-order valence-corrected chi connectivity index (χ0v) is 24.2. The summed E-state index contributed by atoms with van der Waals surface area (Å²) in [7, 11) is 0. The van der Waals surface area contributed by atoms with Gasteiger partial charge in [-0.3, -0.25) is 19.2 Å². The maximum absolute atomic E-state index is 13.3. The Labute approximate surface area is 256 Å². The lowest BCUT2D eigenvalue weighted by Crippen LogP contribution is -2.30. The van der Waals surface area contributed by atoms with E-state index in [9.17, 15) is 19.2 Å². The monoisotopic (exact) mass is 618 g/mol. The molecule has 0 aliphatic carbocycles. The fourth-order valence-corrected chi connectivity index (χ4v) is 4.77. The Morgan fingerprint density at radius 1 is 0.786 bits per heavy atom. The van der Waals surface area contributed by atoms with Crippen LogP contribution in [0.4, 0.5) is 11.4 Å². The van der Waals surface area contributed by atoms with Gasteiger partial charge in [-0.05, 0) is 66.2 Å². The van der Waals surface area contributed by atoms with E-state index in [1.54, 1.807) is 91.0 Å². The van der Waals surface area contributed by atoms with Gasteiger partial charge in [0.2, 0.25) is 5.91 Å². The number of benzene rings is 4. The molecule has 5 N–H and O–H groups in total. The smallest absolute Gasteiger partial charge is 0.272 e. The van der Waals surface area contributed by atoms with Crippen LogP contribution in [-0.2, 0) is 9.59 Å². The van der Waals surface area contributed by atoms with E-state index in [0.29, 0.717) is 27.5 Å². The molecule has 4 aromatic rings. The number of rotatable bonds is 10. The van der Waals surface area contributed by atoms with Gasteiger partial charge in [-0.2, -0.15) is 0 Å². The molecule has 4 amide bonds. The summed E-state index contributed by atoms with van der Waals surface area (Å²) in [4.78, 5) is 50.9. The molecule has 0 bridgehead atoms. The Morgan fingerprint density at radius 3 is 2.19 bits per heavy atom. The summed E-state index contributed by atoms with van der Waals surface area (Å²) in [5.74, 6) is -1.92. The molecule has 0 heterocycles. The summed E-state index contributed by atoms with van der Waals surface area (Å²) < 4.78 is 0. The molecule has 0 aliphatic heterocycles. The maximum Gasteiger partial charge on any atom is 0.272 e. The summed E-state index contributed by atoms with van der Waals surface area (Å²) in [6.45, 7) is 0. The third-order valence-corrected chi connectivity index (χ3v) is 7.60. The first-order valence-corrected chi connectivity index (χ1v) is 14.2. The van der Waals surface area contributed by atoms with Crippen molar-refractivity contribution in [1.29, 1.82) is 0 Å². The number of nitrogens with two attached hydrogens (primary N) is 1. The zero-order chi connectivity index (χ0) is 30.1. The number of anilines is 2. The second-order valence-electron chi connectivity index (χ2n) is 8.75. The van der Waals surface area contributed by atoms with Gasteiger partial charge in [0.1, 0.15) is 5.70 Å². The van der Waals surface area contributed by atoms with Gasteiger partial charge in [-0.25, -0.2) is 0 Å². The van der Waals surface area contributed by atoms with E-state index in [-0.39, 0.29) is 27.9 Å². The number of nitrogens with one attached hydrogen (secondary N) is 3. The van der Waals surface area contributed by atoms with Crippen LogP contribution in [0.15, 0.2) is 108 Å². The number of thioether (sulfide) groups is 1. The van der Waals surface area contributed by atoms with E-state index in [0.717, 1.165) is 4.90 Å². The van der Waals surface area contributed by atoms with Gasteiger partial charge < -0.3 is 21.7 Å². The summed E-state index contributed by atoms with van der Waals surface area (Å²) in [6, 6.07) is 26.8. The normalized spacial score (nSPS) is 11.0. The van der Waals surface area contributed by atoms with Gasteiger partial charge in [0.15, 0.2) is 0 Å². The molecule has 0 atom stereocenters. The van der Waals surface area contributed by atoms with Crippen LogP contribution in [0.3, 0.4) is 0 Å². The SMILES string of the molecule is NC(=O)c1ccccc1NC(=O)CSc1ccc(NC(=O)/C(=C/c2cccc(Cl)c2Cl)NC(=O)c2ccccc2)cc1. The van der Waals surface area contributed by atoms with Crippen LogP contribution in [0.25, 0.3) is 6.08 Å². The minimum absolute atomic E-state index is 0.0422. The largest absolute Gasteiger partial charge is 0.366 e. The Hall–Kier alpha value is -4.57. The highest BCUT2D eigenvalue weighted by Gasteiger charge is 2.17. The second kappa shape index (κ2) is 14.4. The third-order valence-electron chi connectivity index (χ3n) is 5.76. The van der Waals surface area contributed by atoms with Gasteiger partial charge >= 0.3 is 0 Å². The molecule has 0 unspecified atom stereocenters. The third kappa shape index (κ3) is 8.23. The first-order valence-electron chi connectivity index (χ1n) is 12.5. The van der Waals surface area contributed by atoms with Crippen LogP contribution in [0.1, 0.15) is 26.3 Å². The molecule has 0 saturated carbocycles. The lowest BCUT2D eigenvalue weighted by atomic mass is 10.1. The molecule has 4 rings (SSSR count). The van der Waals surface area contributed by atoms with Crippen molar-refractivity contribution >= 4 is 76.0 Å². The van der Waals surface area contributed by atoms with Crippen LogP contribution in [0, 0.1) is 0 Å². The van der Waals surface area contributed by atoms with E-state index < -0.39 is 17.7 Å². The van der Waals surface area contributed by atoms with Crippen molar-refractivity contribution in [3.05, 3.63) is 129 Å². The first kappa shape index (κ1) is 30.4. The number of halogens is 2. The van der Waals surface area contributed by atoms with E-state index in [1.807, 2.05) is 0 Å². The zero-order valence-electron chi connectivity index (χ0n) is 21.9. The predicted molar refractivity (Wildman–Crippen MR) is 168 cm³/mol. The number of hydrogen-bond acceptors (Lipinski definition) is 5. The molecular formula is C31H24Cl2N4O4S. The molecule has 0 spiro atoms. The average molecular weight is 620 g/mol. The number of amides is 4. The first-order chi connectivity index (χ1) is 20.2. The second-order valence-corrected chi connectivity index (χ2v) is 10.6. The Bertz CT molecular complexity index is 1660. The van der Waals surface area contributed by atoms with Gasteiger partial charge in [0, 0.05) is 16.1 Å². The molecule has 0 aliphatic rings. The van der Waals surface area contributed by atoms with Crippen molar-refractivity contribution in [2.45, 2.75) is 4.90 Å². The van der Waals surface area contributed by atoms with Crippen LogP contribution in [0.2, 0.25) is 10.0 Å². The van der Waals surface area contributed by atoms with Crippen molar-refractivity contribution < 1.29 is 19.2 Å². The Morgan fingerprint density at radius 2 is 1.48 bits per heavy atom. The van der Waals surface area contributed by atoms with E-state index in [4.69, 9.17) is 28.9 Å². The highest BCUT2D eigenvalue weighted by molar-refractivity contribution is 8.00.